The monoisotopic (exact) mass is 259 g/mol. The molecule has 2 amide bonds. The minimum Gasteiger partial charge on any atom is -0.480 e. The Morgan fingerprint density at radius 3 is 2.61 bits per heavy atom. The van der Waals surface area contributed by atoms with E-state index in [1.807, 2.05) is 14.0 Å². The molecule has 104 valence electrons. The number of carbonyl (C=O) groups excluding carboxylic acids is 1. The molecule has 18 heavy (non-hydrogen) atoms. The largest absolute Gasteiger partial charge is 0.480 e. The van der Waals surface area contributed by atoms with E-state index in [4.69, 9.17) is 10.2 Å². The van der Waals surface area contributed by atoms with Crippen LogP contribution in [0.3, 0.4) is 0 Å². The standard InChI is InChI=1S/C11H21N3O4/c1-8-7-14(5-4-13(8)2)11(18)12-9(3-6-15)10(16)17/h8-9,15H,3-7H2,1-2H3,(H,12,18)(H,16,17). The minimum atomic E-state index is -1.13. The van der Waals surface area contributed by atoms with Gasteiger partial charge in [0.1, 0.15) is 6.04 Å². The summed E-state index contributed by atoms with van der Waals surface area (Å²) < 4.78 is 0. The van der Waals surface area contributed by atoms with Gasteiger partial charge in [-0.1, -0.05) is 0 Å². The summed E-state index contributed by atoms with van der Waals surface area (Å²) in [5.74, 6) is -1.13. The van der Waals surface area contributed by atoms with Gasteiger partial charge in [0.25, 0.3) is 0 Å². The summed E-state index contributed by atoms with van der Waals surface area (Å²) in [6, 6.07) is -1.15. The summed E-state index contributed by atoms with van der Waals surface area (Å²) >= 11 is 0. The normalized spacial score (nSPS) is 22.6. The Labute approximate surface area is 106 Å². The zero-order valence-electron chi connectivity index (χ0n) is 10.8. The molecule has 1 saturated heterocycles. The number of amides is 2. The average Bonchev–Trinajstić information content (AvgIpc) is 2.31. The molecule has 0 aromatic carbocycles. The lowest BCUT2D eigenvalue weighted by Crippen LogP contribution is -2.56. The lowest BCUT2D eigenvalue weighted by molar-refractivity contribution is -0.139. The van der Waals surface area contributed by atoms with E-state index in [1.165, 1.54) is 0 Å². The molecule has 3 N–H and O–H groups in total. The van der Waals surface area contributed by atoms with Crippen molar-refractivity contribution in [1.82, 2.24) is 15.1 Å². The van der Waals surface area contributed by atoms with Crippen molar-refractivity contribution in [1.29, 1.82) is 0 Å². The predicted molar refractivity (Wildman–Crippen MR) is 65.3 cm³/mol. The van der Waals surface area contributed by atoms with Crippen molar-refractivity contribution in [2.24, 2.45) is 0 Å². The average molecular weight is 259 g/mol. The topological polar surface area (TPSA) is 93.1 Å². The zero-order valence-corrected chi connectivity index (χ0v) is 10.8. The third-order valence-electron chi connectivity index (χ3n) is 3.26. The summed E-state index contributed by atoms with van der Waals surface area (Å²) in [7, 11) is 1.99. The highest BCUT2D eigenvalue weighted by molar-refractivity contribution is 5.82. The van der Waals surface area contributed by atoms with E-state index in [0.29, 0.717) is 13.1 Å². The van der Waals surface area contributed by atoms with Gasteiger partial charge in [-0.15, -0.1) is 0 Å². The molecule has 1 rings (SSSR count). The molecule has 7 nitrogen and oxygen atoms in total. The van der Waals surface area contributed by atoms with Crippen LogP contribution in [0.2, 0.25) is 0 Å². The smallest absolute Gasteiger partial charge is 0.326 e. The molecular formula is C11H21N3O4. The number of piperazine rings is 1. The number of rotatable bonds is 4. The van der Waals surface area contributed by atoms with Crippen LogP contribution in [0.25, 0.3) is 0 Å². The summed E-state index contributed by atoms with van der Waals surface area (Å²) in [6.45, 7) is 3.68. The molecule has 1 aliphatic heterocycles. The number of carboxylic acid groups (broad SMARTS) is 1. The number of carbonyl (C=O) groups is 2. The molecule has 0 spiro atoms. The summed E-state index contributed by atoms with van der Waals surface area (Å²) in [5, 5.41) is 20.1. The fraction of sp³-hybridized carbons (Fsp3) is 0.818. The number of aliphatic carboxylic acids is 1. The van der Waals surface area contributed by atoms with Gasteiger partial charge in [-0.3, -0.25) is 0 Å². The highest BCUT2D eigenvalue weighted by atomic mass is 16.4. The van der Waals surface area contributed by atoms with Crippen LogP contribution in [0.4, 0.5) is 4.79 Å². The number of aliphatic hydroxyl groups is 1. The van der Waals surface area contributed by atoms with Gasteiger partial charge in [-0.25, -0.2) is 9.59 Å². The zero-order chi connectivity index (χ0) is 13.7. The first-order valence-corrected chi connectivity index (χ1v) is 6.05. The minimum absolute atomic E-state index is 0.0182. The second-order valence-electron chi connectivity index (χ2n) is 4.63. The summed E-state index contributed by atoms with van der Waals surface area (Å²) in [4.78, 5) is 26.5. The lowest BCUT2D eigenvalue weighted by atomic mass is 10.2. The Kier molecular flexibility index (Phi) is 5.36. The number of carboxylic acids is 1. The fourth-order valence-corrected chi connectivity index (χ4v) is 1.86. The van der Waals surface area contributed by atoms with Crippen molar-refractivity contribution in [2.75, 3.05) is 33.3 Å². The Morgan fingerprint density at radius 2 is 2.11 bits per heavy atom. The molecule has 0 aromatic heterocycles. The first-order valence-electron chi connectivity index (χ1n) is 6.05. The van der Waals surface area contributed by atoms with Crippen LogP contribution >= 0.6 is 0 Å². The van der Waals surface area contributed by atoms with Crippen LogP contribution in [0, 0.1) is 0 Å². The SMILES string of the molecule is CC1CN(C(=O)NC(CCO)C(=O)O)CCN1C. The highest BCUT2D eigenvalue weighted by Gasteiger charge is 2.27. The van der Waals surface area contributed by atoms with Crippen LogP contribution in [0.1, 0.15) is 13.3 Å². The number of likely N-dealkylation sites (N-methyl/N-ethyl adjacent to an activating group) is 1. The van der Waals surface area contributed by atoms with Gasteiger partial charge in [-0.05, 0) is 14.0 Å². The van der Waals surface area contributed by atoms with Crippen LogP contribution in [0.15, 0.2) is 0 Å². The second-order valence-corrected chi connectivity index (χ2v) is 4.63. The molecule has 2 unspecified atom stereocenters. The van der Waals surface area contributed by atoms with Crippen LogP contribution < -0.4 is 5.32 Å². The second kappa shape index (κ2) is 6.55. The first-order chi connectivity index (χ1) is 8.45. The van der Waals surface area contributed by atoms with Crippen molar-refractivity contribution in [3.63, 3.8) is 0 Å². The molecular weight excluding hydrogens is 238 g/mol. The van der Waals surface area contributed by atoms with Crippen LogP contribution in [-0.2, 0) is 4.79 Å². The summed E-state index contributed by atoms with van der Waals surface area (Å²) in [5.41, 5.74) is 0. The maximum Gasteiger partial charge on any atom is 0.326 e. The van der Waals surface area contributed by atoms with Crippen molar-refractivity contribution >= 4 is 12.0 Å². The lowest BCUT2D eigenvalue weighted by Gasteiger charge is -2.37. The van der Waals surface area contributed by atoms with Gasteiger partial charge in [0.05, 0.1) is 0 Å². The molecule has 1 heterocycles. The molecule has 2 atom stereocenters. The Morgan fingerprint density at radius 1 is 1.44 bits per heavy atom. The maximum absolute atomic E-state index is 11.9. The van der Waals surface area contributed by atoms with Gasteiger partial charge in [-0.2, -0.15) is 0 Å². The number of nitrogens with one attached hydrogen (secondary N) is 1. The van der Waals surface area contributed by atoms with E-state index in [-0.39, 0.29) is 25.1 Å². The molecule has 7 heteroatoms. The fourth-order valence-electron chi connectivity index (χ4n) is 1.86. The van der Waals surface area contributed by atoms with Gasteiger partial charge in [0.15, 0.2) is 0 Å². The van der Waals surface area contributed by atoms with Crippen molar-refractivity contribution in [3.8, 4) is 0 Å². The Hall–Kier alpha value is -1.34. The van der Waals surface area contributed by atoms with Gasteiger partial charge in [0, 0.05) is 38.7 Å². The van der Waals surface area contributed by atoms with E-state index in [9.17, 15) is 9.59 Å². The van der Waals surface area contributed by atoms with E-state index >= 15 is 0 Å². The molecule has 0 aromatic rings. The van der Waals surface area contributed by atoms with Crippen molar-refractivity contribution in [3.05, 3.63) is 0 Å². The summed E-state index contributed by atoms with van der Waals surface area (Å²) in [6.07, 6.45) is 0.0182. The number of hydrogen-bond acceptors (Lipinski definition) is 4. The number of hydrogen-bond donors (Lipinski definition) is 3. The van der Waals surface area contributed by atoms with E-state index in [0.717, 1.165) is 6.54 Å². The molecule has 0 aliphatic carbocycles. The Balaban J connectivity index is 2.51. The number of aliphatic hydroxyl groups excluding tert-OH is 1. The van der Waals surface area contributed by atoms with E-state index < -0.39 is 12.0 Å². The third kappa shape index (κ3) is 3.85. The number of urea groups is 1. The van der Waals surface area contributed by atoms with Gasteiger partial charge < -0.3 is 25.3 Å². The maximum atomic E-state index is 11.9. The van der Waals surface area contributed by atoms with Crippen LogP contribution in [-0.4, -0.2) is 77.4 Å². The predicted octanol–water partition coefficient (Wildman–Crippen LogP) is -0.832. The molecule has 0 radical (unpaired) electrons. The van der Waals surface area contributed by atoms with E-state index in [2.05, 4.69) is 10.2 Å². The first kappa shape index (κ1) is 14.7. The molecule has 0 bridgehead atoms. The van der Waals surface area contributed by atoms with Gasteiger partial charge in [0.2, 0.25) is 0 Å². The molecule has 1 fully saturated rings. The van der Waals surface area contributed by atoms with Gasteiger partial charge >= 0.3 is 12.0 Å². The number of nitrogens with zero attached hydrogens (tertiary/aromatic N) is 2. The van der Waals surface area contributed by atoms with Crippen LogP contribution in [0.5, 0.6) is 0 Å². The quantitative estimate of drug-likeness (QED) is 0.612. The van der Waals surface area contributed by atoms with Crippen molar-refractivity contribution in [2.45, 2.75) is 25.4 Å². The van der Waals surface area contributed by atoms with Crippen molar-refractivity contribution < 1.29 is 19.8 Å². The third-order valence-corrected chi connectivity index (χ3v) is 3.26. The Bertz CT molecular complexity index is 311. The molecule has 1 aliphatic rings. The highest BCUT2D eigenvalue weighted by Crippen LogP contribution is 2.07. The van der Waals surface area contributed by atoms with E-state index in [1.54, 1.807) is 4.90 Å². The molecule has 0 saturated carbocycles.